The summed E-state index contributed by atoms with van der Waals surface area (Å²) < 4.78 is 0. The number of hydrogen-bond acceptors (Lipinski definition) is 4. The summed E-state index contributed by atoms with van der Waals surface area (Å²) in [5.41, 5.74) is 1.40. The van der Waals surface area contributed by atoms with Crippen molar-refractivity contribution in [3.8, 4) is 0 Å². The zero-order chi connectivity index (χ0) is 15.9. The molecule has 4 nitrogen and oxygen atoms in total. The molecule has 0 saturated carbocycles. The van der Waals surface area contributed by atoms with Gasteiger partial charge in [-0.1, -0.05) is 30.3 Å². The van der Waals surface area contributed by atoms with Gasteiger partial charge >= 0.3 is 0 Å². The van der Waals surface area contributed by atoms with Gasteiger partial charge in [0.2, 0.25) is 5.91 Å². The molecule has 3 rings (SSSR count). The molecule has 2 aliphatic heterocycles. The molecule has 0 spiro atoms. The van der Waals surface area contributed by atoms with Crippen LogP contribution in [0.15, 0.2) is 30.3 Å². The molecule has 0 radical (unpaired) electrons. The molecule has 25 heavy (non-hydrogen) atoms. The van der Waals surface area contributed by atoms with Crippen LogP contribution < -0.4 is 5.32 Å². The lowest BCUT2D eigenvalue weighted by atomic mass is 10.1. The number of nitrogens with one attached hydrogen (secondary N) is 1. The van der Waals surface area contributed by atoms with Crippen LogP contribution in [0.4, 0.5) is 0 Å². The van der Waals surface area contributed by atoms with Gasteiger partial charge in [-0.3, -0.25) is 9.69 Å². The summed E-state index contributed by atoms with van der Waals surface area (Å²) in [4.78, 5) is 16.9. The van der Waals surface area contributed by atoms with E-state index in [1.54, 1.807) is 0 Å². The summed E-state index contributed by atoms with van der Waals surface area (Å²) in [5.74, 6) is 2.57. The molecule has 1 atom stereocenters. The third kappa shape index (κ3) is 7.35. The first-order valence-electron chi connectivity index (χ1n) is 8.66. The highest BCUT2D eigenvalue weighted by Gasteiger charge is 2.24. The Hall–Kier alpha value is -0.460. The number of benzene rings is 1. The van der Waals surface area contributed by atoms with Gasteiger partial charge in [-0.2, -0.15) is 11.8 Å². The predicted molar refractivity (Wildman–Crippen MR) is 111 cm³/mol. The molecular formula is C18H29Cl2N3OS. The minimum absolute atomic E-state index is 0. The lowest BCUT2D eigenvalue weighted by molar-refractivity contribution is -0.133. The lowest BCUT2D eigenvalue weighted by Crippen LogP contribution is -2.51. The molecule has 1 unspecified atom stereocenters. The van der Waals surface area contributed by atoms with Crippen LogP contribution in [0.3, 0.4) is 0 Å². The maximum atomic E-state index is 12.4. The molecule has 2 fully saturated rings. The van der Waals surface area contributed by atoms with Gasteiger partial charge in [0, 0.05) is 63.2 Å². The first-order valence-corrected chi connectivity index (χ1v) is 9.82. The van der Waals surface area contributed by atoms with Crippen molar-refractivity contribution >= 4 is 42.5 Å². The van der Waals surface area contributed by atoms with Gasteiger partial charge in [-0.25, -0.2) is 0 Å². The summed E-state index contributed by atoms with van der Waals surface area (Å²) in [5, 5.41) is 3.46. The van der Waals surface area contributed by atoms with Crippen LogP contribution in [0.2, 0.25) is 0 Å². The summed E-state index contributed by atoms with van der Waals surface area (Å²) in [6, 6.07) is 11.0. The van der Waals surface area contributed by atoms with E-state index in [4.69, 9.17) is 0 Å². The minimum atomic E-state index is 0. The molecule has 2 aliphatic rings. The third-order valence-corrected chi connectivity index (χ3v) is 5.83. The van der Waals surface area contributed by atoms with Gasteiger partial charge in [0.15, 0.2) is 0 Å². The van der Waals surface area contributed by atoms with E-state index in [2.05, 4.69) is 45.4 Å². The number of halogens is 2. The number of hydrogen-bond donors (Lipinski definition) is 1. The quantitative estimate of drug-likeness (QED) is 0.814. The SMILES string of the molecule is Cl.Cl.O=C(CC1CSCCN1)N1CCN(CCc2ccccc2)CC1. The van der Waals surface area contributed by atoms with Crippen LogP contribution in [-0.4, -0.2) is 72.5 Å². The zero-order valence-corrected chi connectivity index (χ0v) is 17.0. The van der Waals surface area contributed by atoms with Crippen LogP contribution in [0.25, 0.3) is 0 Å². The molecule has 1 aromatic carbocycles. The average Bonchev–Trinajstić information content (AvgIpc) is 2.62. The standard InChI is InChI=1S/C18H27N3OS.2ClH/c22-18(14-17-15-23-13-7-19-17)21-11-9-20(10-12-21)8-6-16-4-2-1-3-5-16;;/h1-5,17,19H,6-15H2;2*1H. The van der Waals surface area contributed by atoms with E-state index in [1.807, 2.05) is 11.8 Å². The number of carbonyl (C=O) groups excluding carboxylic acids is 1. The molecule has 2 saturated heterocycles. The van der Waals surface area contributed by atoms with Crippen molar-refractivity contribution in [2.45, 2.75) is 18.9 Å². The normalized spacial score (nSPS) is 21.1. The van der Waals surface area contributed by atoms with Crippen LogP contribution in [0, 0.1) is 0 Å². The first-order chi connectivity index (χ1) is 11.3. The molecule has 1 aromatic rings. The smallest absolute Gasteiger partial charge is 0.224 e. The maximum absolute atomic E-state index is 12.4. The van der Waals surface area contributed by atoms with Crippen molar-refractivity contribution in [1.29, 1.82) is 0 Å². The van der Waals surface area contributed by atoms with Crippen molar-refractivity contribution in [3.05, 3.63) is 35.9 Å². The van der Waals surface area contributed by atoms with Crippen LogP contribution in [0.5, 0.6) is 0 Å². The monoisotopic (exact) mass is 405 g/mol. The van der Waals surface area contributed by atoms with E-state index in [1.165, 1.54) is 11.3 Å². The van der Waals surface area contributed by atoms with Crippen molar-refractivity contribution in [2.75, 3.05) is 50.8 Å². The molecule has 0 aromatic heterocycles. The van der Waals surface area contributed by atoms with Gasteiger partial charge in [0.25, 0.3) is 0 Å². The first kappa shape index (κ1) is 22.6. The van der Waals surface area contributed by atoms with Gasteiger partial charge in [-0.05, 0) is 12.0 Å². The highest BCUT2D eigenvalue weighted by molar-refractivity contribution is 7.99. The highest BCUT2D eigenvalue weighted by atomic mass is 35.5. The van der Waals surface area contributed by atoms with Crippen LogP contribution in [-0.2, 0) is 11.2 Å². The van der Waals surface area contributed by atoms with Crippen molar-refractivity contribution in [1.82, 2.24) is 15.1 Å². The fraction of sp³-hybridized carbons (Fsp3) is 0.611. The molecule has 1 amide bonds. The Morgan fingerprint density at radius 3 is 2.48 bits per heavy atom. The Morgan fingerprint density at radius 1 is 1.12 bits per heavy atom. The molecule has 0 bridgehead atoms. The largest absolute Gasteiger partial charge is 0.340 e. The van der Waals surface area contributed by atoms with E-state index < -0.39 is 0 Å². The number of nitrogens with zero attached hydrogens (tertiary/aromatic N) is 2. The summed E-state index contributed by atoms with van der Waals surface area (Å²) in [7, 11) is 0. The van der Waals surface area contributed by atoms with E-state index in [0.717, 1.165) is 51.4 Å². The Kier molecular flexibility index (Phi) is 10.9. The molecule has 0 aliphatic carbocycles. The van der Waals surface area contributed by atoms with E-state index in [-0.39, 0.29) is 24.8 Å². The molecule has 2 heterocycles. The fourth-order valence-corrected chi connectivity index (χ4v) is 4.19. The molecule has 1 N–H and O–H groups in total. The van der Waals surface area contributed by atoms with Crippen molar-refractivity contribution < 1.29 is 4.79 Å². The topological polar surface area (TPSA) is 35.6 Å². The minimum Gasteiger partial charge on any atom is -0.340 e. The second kappa shape index (κ2) is 12.0. The molecular weight excluding hydrogens is 377 g/mol. The molecule has 142 valence electrons. The van der Waals surface area contributed by atoms with E-state index in [9.17, 15) is 4.79 Å². The maximum Gasteiger partial charge on any atom is 0.224 e. The van der Waals surface area contributed by atoms with Gasteiger partial charge in [0.1, 0.15) is 0 Å². The number of rotatable bonds is 5. The van der Waals surface area contributed by atoms with Crippen molar-refractivity contribution in [2.24, 2.45) is 0 Å². The fourth-order valence-electron chi connectivity index (χ4n) is 3.24. The second-order valence-corrected chi connectivity index (χ2v) is 7.54. The Bertz CT molecular complexity index is 492. The van der Waals surface area contributed by atoms with Crippen LogP contribution >= 0.6 is 36.6 Å². The summed E-state index contributed by atoms with van der Waals surface area (Å²) >= 11 is 1.96. The summed E-state index contributed by atoms with van der Waals surface area (Å²) in [6.45, 7) is 5.90. The van der Waals surface area contributed by atoms with E-state index >= 15 is 0 Å². The highest BCUT2D eigenvalue weighted by Crippen LogP contribution is 2.13. The second-order valence-electron chi connectivity index (χ2n) is 6.39. The van der Waals surface area contributed by atoms with Crippen LogP contribution in [0.1, 0.15) is 12.0 Å². The Morgan fingerprint density at radius 2 is 1.84 bits per heavy atom. The third-order valence-electron chi connectivity index (χ3n) is 4.70. The zero-order valence-electron chi connectivity index (χ0n) is 14.6. The van der Waals surface area contributed by atoms with E-state index in [0.29, 0.717) is 18.4 Å². The van der Waals surface area contributed by atoms with Gasteiger partial charge < -0.3 is 10.2 Å². The predicted octanol–water partition coefficient (Wildman–Crippen LogP) is 2.31. The summed E-state index contributed by atoms with van der Waals surface area (Å²) in [6.07, 6.45) is 1.76. The molecule has 7 heteroatoms. The number of carbonyl (C=O) groups is 1. The van der Waals surface area contributed by atoms with Gasteiger partial charge in [-0.15, -0.1) is 24.8 Å². The average molecular weight is 406 g/mol. The number of amides is 1. The van der Waals surface area contributed by atoms with Crippen molar-refractivity contribution in [3.63, 3.8) is 0 Å². The Labute approximate surface area is 167 Å². The van der Waals surface area contributed by atoms with Gasteiger partial charge in [0.05, 0.1) is 0 Å². The number of piperazine rings is 1. The Balaban J connectivity index is 0.00000156. The number of thioether (sulfide) groups is 1. The lowest BCUT2D eigenvalue weighted by Gasteiger charge is -2.35.